The van der Waals surface area contributed by atoms with Gasteiger partial charge in [-0.25, -0.2) is 9.37 Å². The van der Waals surface area contributed by atoms with Crippen molar-refractivity contribution in [1.29, 1.82) is 0 Å². The number of anilines is 1. The van der Waals surface area contributed by atoms with Crippen LogP contribution < -0.4 is 5.32 Å². The molecule has 1 aromatic heterocycles. The molecule has 0 saturated carbocycles. The van der Waals surface area contributed by atoms with Gasteiger partial charge in [0.2, 0.25) is 5.95 Å². The fourth-order valence-electron chi connectivity index (χ4n) is 1.66. The molecule has 0 unspecified atom stereocenters. The van der Waals surface area contributed by atoms with Crippen LogP contribution in [-0.4, -0.2) is 16.1 Å². The van der Waals surface area contributed by atoms with Gasteiger partial charge in [0.15, 0.2) is 0 Å². The van der Waals surface area contributed by atoms with Gasteiger partial charge in [-0.05, 0) is 32.0 Å². The van der Waals surface area contributed by atoms with E-state index in [0.717, 1.165) is 12.2 Å². The lowest BCUT2D eigenvalue weighted by molar-refractivity contribution is 0.626. The molecule has 90 valence electrons. The van der Waals surface area contributed by atoms with E-state index < -0.39 is 0 Å². The number of aryl methyl sites for hydroxylation is 1. The lowest BCUT2D eigenvalue weighted by Gasteiger charge is -2.08. The molecule has 0 aliphatic rings. The SMILES string of the molecule is CCNc1nc(C)cn1-c1cc(F)cc(Cl)c1. The Morgan fingerprint density at radius 3 is 2.82 bits per heavy atom. The fraction of sp³-hybridized carbons (Fsp3) is 0.250. The van der Waals surface area contributed by atoms with Crippen LogP contribution in [0.3, 0.4) is 0 Å². The summed E-state index contributed by atoms with van der Waals surface area (Å²) in [5.74, 6) is 0.327. The Morgan fingerprint density at radius 2 is 2.18 bits per heavy atom. The molecular weight excluding hydrogens is 241 g/mol. The molecule has 0 amide bonds. The van der Waals surface area contributed by atoms with Crippen LogP contribution >= 0.6 is 11.6 Å². The van der Waals surface area contributed by atoms with Gasteiger partial charge in [0.25, 0.3) is 0 Å². The van der Waals surface area contributed by atoms with Gasteiger partial charge < -0.3 is 5.32 Å². The summed E-state index contributed by atoms with van der Waals surface area (Å²) in [5, 5.41) is 3.49. The van der Waals surface area contributed by atoms with Crippen LogP contribution in [0.4, 0.5) is 10.3 Å². The topological polar surface area (TPSA) is 29.9 Å². The molecule has 5 heteroatoms. The molecule has 0 fully saturated rings. The molecule has 0 aliphatic heterocycles. The predicted molar refractivity (Wildman–Crippen MR) is 67.4 cm³/mol. The van der Waals surface area contributed by atoms with Gasteiger partial charge in [-0.2, -0.15) is 0 Å². The van der Waals surface area contributed by atoms with Gasteiger partial charge >= 0.3 is 0 Å². The third-order valence-corrected chi connectivity index (χ3v) is 2.50. The maximum Gasteiger partial charge on any atom is 0.207 e. The van der Waals surface area contributed by atoms with Crippen molar-refractivity contribution < 1.29 is 4.39 Å². The van der Waals surface area contributed by atoms with Gasteiger partial charge in [-0.1, -0.05) is 11.6 Å². The molecule has 17 heavy (non-hydrogen) atoms. The van der Waals surface area contributed by atoms with E-state index in [0.29, 0.717) is 16.7 Å². The summed E-state index contributed by atoms with van der Waals surface area (Å²) in [6.45, 7) is 4.62. The smallest absolute Gasteiger partial charge is 0.207 e. The Labute approximate surface area is 104 Å². The molecule has 2 rings (SSSR count). The summed E-state index contributed by atoms with van der Waals surface area (Å²) in [4.78, 5) is 4.32. The largest absolute Gasteiger partial charge is 0.356 e. The first-order valence-corrected chi connectivity index (χ1v) is 5.74. The van der Waals surface area contributed by atoms with E-state index in [1.54, 1.807) is 10.6 Å². The number of nitrogens with one attached hydrogen (secondary N) is 1. The molecular formula is C12H13ClFN3. The van der Waals surface area contributed by atoms with E-state index >= 15 is 0 Å². The molecule has 0 aliphatic carbocycles. The van der Waals surface area contributed by atoms with Crippen LogP contribution in [0.15, 0.2) is 24.4 Å². The first-order chi connectivity index (χ1) is 8.10. The Hall–Kier alpha value is -1.55. The van der Waals surface area contributed by atoms with Crippen molar-refractivity contribution in [2.75, 3.05) is 11.9 Å². The van der Waals surface area contributed by atoms with Gasteiger partial charge in [-0.15, -0.1) is 0 Å². The monoisotopic (exact) mass is 253 g/mol. The highest BCUT2D eigenvalue weighted by molar-refractivity contribution is 6.30. The number of hydrogen-bond acceptors (Lipinski definition) is 2. The molecule has 0 atom stereocenters. The Bertz CT molecular complexity index is 516. The zero-order chi connectivity index (χ0) is 12.4. The summed E-state index contributed by atoms with van der Waals surface area (Å²) in [6, 6.07) is 4.40. The zero-order valence-electron chi connectivity index (χ0n) is 9.67. The van der Waals surface area contributed by atoms with Gasteiger partial charge in [0.1, 0.15) is 5.82 Å². The standard InChI is InChI=1S/C12H13ClFN3/c1-3-15-12-16-8(2)7-17(12)11-5-9(13)4-10(14)6-11/h4-7H,3H2,1-2H3,(H,15,16). The van der Waals surface area contributed by atoms with E-state index in [-0.39, 0.29) is 5.82 Å². The lowest BCUT2D eigenvalue weighted by atomic mass is 10.3. The summed E-state index contributed by atoms with van der Waals surface area (Å²) in [5.41, 5.74) is 1.52. The first-order valence-electron chi connectivity index (χ1n) is 5.36. The van der Waals surface area contributed by atoms with Crippen molar-refractivity contribution in [2.24, 2.45) is 0 Å². The molecule has 1 heterocycles. The minimum Gasteiger partial charge on any atom is -0.356 e. The maximum atomic E-state index is 13.3. The van der Waals surface area contributed by atoms with Crippen LogP contribution in [0.1, 0.15) is 12.6 Å². The summed E-state index contributed by atoms with van der Waals surface area (Å²) in [7, 11) is 0. The highest BCUT2D eigenvalue weighted by atomic mass is 35.5. The van der Waals surface area contributed by atoms with Gasteiger partial charge in [0, 0.05) is 17.8 Å². The average molecular weight is 254 g/mol. The van der Waals surface area contributed by atoms with Gasteiger partial charge in [-0.3, -0.25) is 4.57 Å². The molecule has 0 radical (unpaired) electrons. The molecule has 0 spiro atoms. The average Bonchev–Trinajstić information content (AvgIpc) is 2.58. The van der Waals surface area contributed by atoms with Crippen molar-refractivity contribution in [3.8, 4) is 5.69 Å². The minimum atomic E-state index is -0.360. The number of aromatic nitrogens is 2. The van der Waals surface area contributed by atoms with Crippen molar-refractivity contribution >= 4 is 17.5 Å². The van der Waals surface area contributed by atoms with E-state index in [9.17, 15) is 4.39 Å². The first kappa shape index (κ1) is 11.9. The third kappa shape index (κ3) is 2.58. The molecule has 3 nitrogen and oxygen atoms in total. The molecule has 2 aromatic rings. The highest BCUT2D eigenvalue weighted by Crippen LogP contribution is 2.21. The number of halogens is 2. The van der Waals surface area contributed by atoms with Crippen LogP contribution in [0, 0.1) is 12.7 Å². The highest BCUT2D eigenvalue weighted by Gasteiger charge is 2.08. The van der Waals surface area contributed by atoms with E-state index in [1.807, 2.05) is 20.0 Å². The zero-order valence-corrected chi connectivity index (χ0v) is 10.4. The van der Waals surface area contributed by atoms with Crippen molar-refractivity contribution in [3.05, 3.63) is 40.9 Å². The van der Waals surface area contributed by atoms with E-state index in [2.05, 4.69) is 10.3 Å². The van der Waals surface area contributed by atoms with Crippen molar-refractivity contribution in [3.63, 3.8) is 0 Å². The van der Waals surface area contributed by atoms with Crippen LogP contribution in [-0.2, 0) is 0 Å². The Kier molecular flexibility index (Phi) is 3.33. The second kappa shape index (κ2) is 4.75. The summed E-state index contributed by atoms with van der Waals surface area (Å²) >= 11 is 5.84. The Morgan fingerprint density at radius 1 is 1.41 bits per heavy atom. The Balaban J connectivity index is 2.51. The molecule has 0 saturated heterocycles. The van der Waals surface area contributed by atoms with E-state index in [4.69, 9.17) is 11.6 Å². The van der Waals surface area contributed by atoms with Crippen molar-refractivity contribution in [1.82, 2.24) is 9.55 Å². The van der Waals surface area contributed by atoms with Crippen LogP contribution in [0.5, 0.6) is 0 Å². The molecule has 1 N–H and O–H groups in total. The van der Waals surface area contributed by atoms with Gasteiger partial charge in [0.05, 0.1) is 11.4 Å². The normalized spacial score (nSPS) is 10.6. The third-order valence-electron chi connectivity index (χ3n) is 2.29. The predicted octanol–water partition coefficient (Wildman–Crippen LogP) is 3.41. The molecule has 0 bridgehead atoms. The number of hydrogen-bond donors (Lipinski definition) is 1. The van der Waals surface area contributed by atoms with Crippen LogP contribution in [0.2, 0.25) is 5.02 Å². The molecule has 1 aromatic carbocycles. The second-order valence-electron chi connectivity index (χ2n) is 3.73. The second-order valence-corrected chi connectivity index (χ2v) is 4.17. The maximum absolute atomic E-state index is 13.3. The lowest BCUT2D eigenvalue weighted by Crippen LogP contribution is -2.05. The number of rotatable bonds is 3. The minimum absolute atomic E-state index is 0.360. The van der Waals surface area contributed by atoms with Crippen molar-refractivity contribution in [2.45, 2.75) is 13.8 Å². The quantitative estimate of drug-likeness (QED) is 0.909. The van der Waals surface area contributed by atoms with E-state index in [1.165, 1.54) is 12.1 Å². The number of imidazole rings is 1. The number of benzene rings is 1. The number of nitrogens with zero attached hydrogens (tertiary/aromatic N) is 2. The summed E-state index contributed by atoms with van der Waals surface area (Å²) in [6.07, 6.45) is 1.84. The van der Waals surface area contributed by atoms with Crippen LogP contribution in [0.25, 0.3) is 5.69 Å². The summed E-state index contributed by atoms with van der Waals surface area (Å²) < 4.78 is 15.1. The fourth-order valence-corrected chi connectivity index (χ4v) is 1.87.